The van der Waals surface area contributed by atoms with Crippen LogP contribution in [0.25, 0.3) is 0 Å². The van der Waals surface area contributed by atoms with E-state index in [4.69, 9.17) is 14.2 Å². The molecule has 0 aliphatic carbocycles. The number of esters is 1. The van der Waals surface area contributed by atoms with Crippen LogP contribution in [-0.2, 0) is 16.0 Å². The second-order valence-corrected chi connectivity index (χ2v) is 3.93. The van der Waals surface area contributed by atoms with Gasteiger partial charge in [0, 0.05) is 5.56 Å². The van der Waals surface area contributed by atoms with Gasteiger partial charge in [0.15, 0.2) is 17.6 Å². The summed E-state index contributed by atoms with van der Waals surface area (Å²) in [6, 6.07) is 3.54. The van der Waals surface area contributed by atoms with Crippen LogP contribution in [0.3, 0.4) is 0 Å². The Morgan fingerprint density at radius 3 is 2.42 bits per heavy atom. The number of hydrogen-bond acceptors (Lipinski definition) is 5. The third-order valence-corrected chi connectivity index (χ3v) is 2.78. The van der Waals surface area contributed by atoms with Gasteiger partial charge in [-0.05, 0) is 31.0 Å². The van der Waals surface area contributed by atoms with Crippen LogP contribution < -0.4 is 9.47 Å². The third-order valence-electron chi connectivity index (χ3n) is 2.78. The summed E-state index contributed by atoms with van der Waals surface area (Å²) in [5.74, 6) is 0.136. The maximum Gasteiger partial charge on any atom is 0.339 e. The second kappa shape index (κ2) is 6.99. The van der Waals surface area contributed by atoms with Crippen LogP contribution in [0.15, 0.2) is 12.1 Å². The number of aliphatic hydroxyl groups excluding tert-OH is 1. The highest BCUT2D eigenvalue weighted by Gasteiger charge is 2.25. The van der Waals surface area contributed by atoms with Crippen LogP contribution in [0.4, 0.5) is 0 Å². The number of methoxy groups -OCH3 is 2. The Morgan fingerprint density at radius 1 is 1.26 bits per heavy atom. The molecule has 0 heterocycles. The molecule has 0 saturated carbocycles. The van der Waals surface area contributed by atoms with Crippen LogP contribution in [0.2, 0.25) is 0 Å². The SMILES string of the molecule is CCOC(=O)C(O)c1cc(CC)cc(OC)c1OC. The fourth-order valence-electron chi connectivity index (χ4n) is 1.81. The summed E-state index contributed by atoms with van der Waals surface area (Å²) in [6.45, 7) is 3.87. The van der Waals surface area contributed by atoms with Gasteiger partial charge in [0.1, 0.15) is 0 Å². The number of ether oxygens (including phenoxy) is 3. The highest BCUT2D eigenvalue weighted by molar-refractivity contribution is 5.78. The van der Waals surface area contributed by atoms with Gasteiger partial charge in [0.25, 0.3) is 0 Å². The van der Waals surface area contributed by atoms with Crippen LogP contribution in [0.1, 0.15) is 31.1 Å². The number of aliphatic hydroxyl groups is 1. The molecule has 0 aliphatic heterocycles. The van der Waals surface area contributed by atoms with E-state index in [2.05, 4.69) is 0 Å². The van der Waals surface area contributed by atoms with Crippen LogP contribution in [0, 0.1) is 0 Å². The van der Waals surface area contributed by atoms with Crippen molar-refractivity contribution in [3.05, 3.63) is 23.3 Å². The molecule has 0 amide bonds. The van der Waals surface area contributed by atoms with Crippen LogP contribution in [0.5, 0.6) is 11.5 Å². The standard InChI is InChI=1S/C14H20O5/c1-5-9-7-10(12(15)14(16)19-6-2)13(18-4)11(8-9)17-3/h7-8,12,15H,5-6H2,1-4H3. The Hall–Kier alpha value is -1.75. The normalized spacial score (nSPS) is 11.8. The average Bonchev–Trinajstić information content (AvgIpc) is 2.44. The molecular formula is C14H20O5. The van der Waals surface area contributed by atoms with Gasteiger partial charge in [-0.1, -0.05) is 6.92 Å². The van der Waals surface area contributed by atoms with Crippen molar-refractivity contribution in [3.8, 4) is 11.5 Å². The predicted molar refractivity (Wildman–Crippen MR) is 70.5 cm³/mol. The monoisotopic (exact) mass is 268 g/mol. The molecular weight excluding hydrogens is 248 g/mol. The molecule has 0 saturated heterocycles. The fourth-order valence-corrected chi connectivity index (χ4v) is 1.81. The van der Waals surface area contributed by atoms with Gasteiger partial charge in [-0.2, -0.15) is 0 Å². The maximum absolute atomic E-state index is 11.6. The number of rotatable bonds is 6. The molecule has 19 heavy (non-hydrogen) atoms. The summed E-state index contributed by atoms with van der Waals surface area (Å²) >= 11 is 0. The first kappa shape index (κ1) is 15.3. The summed E-state index contributed by atoms with van der Waals surface area (Å²) in [4.78, 5) is 11.6. The Kier molecular flexibility index (Phi) is 5.63. The zero-order valence-electron chi connectivity index (χ0n) is 11.7. The molecule has 0 spiro atoms. The number of carbonyl (C=O) groups is 1. The Bertz CT molecular complexity index is 442. The molecule has 0 fully saturated rings. The van der Waals surface area contributed by atoms with Gasteiger partial charge in [-0.3, -0.25) is 0 Å². The van der Waals surface area contributed by atoms with E-state index in [-0.39, 0.29) is 6.61 Å². The van der Waals surface area contributed by atoms with Crippen molar-refractivity contribution in [2.75, 3.05) is 20.8 Å². The van der Waals surface area contributed by atoms with E-state index in [1.165, 1.54) is 14.2 Å². The lowest BCUT2D eigenvalue weighted by molar-refractivity contribution is -0.153. The fraction of sp³-hybridized carbons (Fsp3) is 0.500. The smallest absolute Gasteiger partial charge is 0.339 e. The summed E-state index contributed by atoms with van der Waals surface area (Å²) in [5, 5.41) is 10.1. The molecule has 5 heteroatoms. The van der Waals surface area contributed by atoms with E-state index in [0.29, 0.717) is 17.1 Å². The molecule has 0 bridgehead atoms. The zero-order valence-corrected chi connectivity index (χ0v) is 11.7. The molecule has 1 rings (SSSR count). The molecule has 1 aromatic carbocycles. The minimum Gasteiger partial charge on any atom is -0.493 e. The molecule has 1 unspecified atom stereocenters. The molecule has 1 atom stereocenters. The van der Waals surface area contributed by atoms with Gasteiger partial charge < -0.3 is 19.3 Å². The first-order valence-corrected chi connectivity index (χ1v) is 6.18. The summed E-state index contributed by atoms with van der Waals surface area (Å²) in [6.07, 6.45) is -0.626. The molecule has 5 nitrogen and oxygen atoms in total. The van der Waals surface area contributed by atoms with E-state index in [1.807, 2.05) is 13.0 Å². The van der Waals surface area contributed by atoms with Gasteiger partial charge in [-0.15, -0.1) is 0 Å². The zero-order chi connectivity index (χ0) is 14.4. The van der Waals surface area contributed by atoms with Crippen molar-refractivity contribution >= 4 is 5.97 Å². The predicted octanol–water partition coefficient (Wildman–Crippen LogP) is 1.86. The highest BCUT2D eigenvalue weighted by atomic mass is 16.5. The van der Waals surface area contributed by atoms with Crippen molar-refractivity contribution in [1.82, 2.24) is 0 Å². The lowest BCUT2D eigenvalue weighted by atomic mass is 10.0. The third kappa shape index (κ3) is 3.38. The molecule has 0 aliphatic rings. The van der Waals surface area contributed by atoms with E-state index < -0.39 is 12.1 Å². The number of aryl methyl sites for hydroxylation is 1. The summed E-state index contributed by atoms with van der Waals surface area (Å²) in [5.41, 5.74) is 1.30. The number of carbonyl (C=O) groups excluding carboxylic acids is 1. The molecule has 106 valence electrons. The molecule has 1 aromatic rings. The maximum atomic E-state index is 11.6. The van der Waals surface area contributed by atoms with Crippen molar-refractivity contribution in [1.29, 1.82) is 0 Å². The van der Waals surface area contributed by atoms with Gasteiger partial charge >= 0.3 is 5.97 Å². The van der Waals surface area contributed by atoms with Gasteiger partial charge in [0.2, 0.25) is 0 Å². The molecule has 0 aromatic heterocycles. The lowest BCUT2D eigenvalue weighted by Crippen LogP contribution is -2.16. The highest BCUT2D eigenvalue weighted by Crippen LogP contribution is 2.36. The summed E-state index contributed by atoms with van der Waals surface area (Å²) < 4.78 is 15.3. The molecule has 0 radical (unpaired) electrons. The van der Waals surface area contributed by atoms with Crippen molar-refractivity contribution < 1.29 is 24.1 Å². The quantitative estimate of drug-likeness (QED) is 0.798. The second-order valence-electron chi connectivity index (χ2n) is 3.93. The van der Waals surface area contributed by atoms with E-state index in [1.54, 1.807) is 13.0 Å². The van der Waals surface area contributed by atoms with Crippen LogP contribution >= 0.6 is 0 Å². The topological polar surface area (TPSA) is 65.0 Å². The number of hydrogen-bond donors (Lipinski definition) is 1. The average molecular weight is 268 g/mol. The van der Waals surface area contributed by atoms with Crippen molar-refractivity contribution in [2.24, 2.45) is 0 Å². The van der Waals surface area contributed by atoms with Crippen molar-refractivity contribution in [3.63, 3.8) is 0 Å². The minimum absolute atomic E-state index is 0.211. The van der Waals surface area contributed by atoms with Crippen molar-refractivity contribution in [2.45, 2.75) is 26.4 Å². The Labute approximate surface area is 113 Å². The Balaban J connectivity index is 3.26. The lowest BCUT2D eigenvalue weighted by Gasteiger charge is -2.17. The summed E-state index contributed by atoms with van der Waals surface area (Å²) in [7, 11) is 2.97. The first-order valence-electron chi connectivity index (χ1n) is 6.18. The van der Waals surface area contributed by atoms with Gasteiger partial charge in [-0.25, -0.2) is 4.79 Å². The van der Waals surface area contributed by atoms with E-state index >= 15 is 0 Å². The minimum atomic E-state index is -1.38. The Morgan fingerprint density at radius 2 is 1.95 bits per heavy atom. The van der Waals surface area contributed by atoms with Gasteiger partial charge in [0.05, 0.1) is 20.8 Å². The first-order chi connectivity index (χ1) is 9.08. The van der Waals surface area contributed by atoms with E-state index in [9.17, 15) is 9.90 Å². The number of benzene rings is 1. The van der Waals surface area contributed by atoms with Crippen LogP contribution in [-0.4, -0.2) is 31.9 Å². The molecule has 1 N–H and O–H groups in total. The largest absolute Gasteiger partial charge is 0.493 e. The van der Waals surface area contributed by atoms with E-state index in [0.717, 1.165) is 12.0 Å².